The molecule has 0 aliphatic rings. The zero-order valence-electron chi connectivity index (χ0n) is 9.01. The molecule has 2 rings (SSSR count). The molecule has 0 aliphatic carbocycles. The van der Waals surface area contributed by atoms with Crippen molar-refractivity contribution in [2.45, 2.75) is 6.04 Å². The number of halogens is 3. The molecule has 0 aliphatic heterocycles. The van der Waals surface area contributed by atoms with Crippen LogP contribution in [0.1, 0.15) is 17.2 Å². The predicted molar refractivity (Wildman–Crippen MR) is 77.0 cm³/mol. The Hall–Kier alpha value is -0.230. The van der Waals surface area contributed by atoms with E-state index in [1.165, 1.54) is 12.1 Å². The number of hydrogen-bond acceptors (Lipinski definition) is 2. The lowest BCUT2D eigenvalue weighted by atomic mass is 10.0. The largest absolute Gasteiger partial charge is 0.309 e. The first kappa shape index (κ1) is 13.2. The summed E-state index contributed by atoms with van der Waals surface area (Å²) in [5.41, 5.74) is 2.19. The fraction of sp³-hybridized carbons (Fsp3) is 0.167. The van der Waals surface area contributed by atoms with Gasteiger partial charge in [0.1, 0.15) is 5.82 Å². The molecule has 0 spiro atoms. The summed E-state index contributed by atoms with van der Waals surface area (Å²) in [6.45, 7) is 0. The van der Waals surface area contributed by atoms with E-state index in [4.69, 9.17) is 0 Å². The van der Waals surface area contributed by atoms with Crippen LogP contribution in [0.15, 0.2) is 37.9 Å². The first-order chi connectivity index (χ1) is 8.11. The lowest BCUT2D eigenvalue weighted by molar-refractivity contribution is 0.623. The highest BCUT2D eigenvalue weighted by molar-refractivity contribution is 9.12. The van der Waals surface area contributed by atoms with Crippen molar-refractivity contribution < 1.29 is 4.39 Å². The van der Waals surface area contributed by atoms with E-state index in [0.29, 0.717) is 0 Å². The monoisotopic (exact) mass is 377 g/mol. The minimum atomic E-state index is -0.214. The van der Waals surface area contributed by atoms with Gasteiger partial charge in [-0.25, -0.2) is 4.39 Å². The molecule has 1 aromatic heterocycles. The molecule has 90 valence electrons. The molecule has 0 bridgehead atoms. The average molecular weight is 379 g/mol. The molecule has 1 nitrogen and oxygen atoms in total. The van der Waals surface area contributed by atoms with Crippen LogP contribution in [0, 0.1) is 5.82 Å². The van der Waals surface area contributed by atoms with Crippen LogP contribution in [0.5, 0.6) is 0 Å². The SMILES string of the molecule is CNC(c1ccc(F)cc1)c1cc(Br)sc1Br. The van der Waals surface area contributed by atoms with Crippen molar-refractivity contribution >= 4 is 43.2 Å². The Bertz CT molecular complexity index is 510. The molecule has 0 saturated heterocycles. The van der Waals surface area contributed by atoms with Crippen LogP contribution in [-0.2, 0) is 0 Å². The van der Waals surface area contributed by atoms with Crippen molar-refractivity contribution in [1.29, 1.82) is 0 Å². The number of benzene rings is 1. The standard InChI is InChI=1S/C12H10Br2FNS/c1-16-11(7-2-4-8(15)5-3-7)9-6-10(13)17-12(9)14/h2-6,11,16H,1H3. The Labute approximate surface area is 120 Å². The van der Waals surface area contributed by atoms with Gasteiger partial charge in [0.2, 0.25) is 0 Å². The first-order valence-corrected chi connectivity index (χ1v) is 7.39. The van der Waals surface area contributed by atoms with Crippen LogP contribution < -0.4 is 5.32 Å². The van der Waals surface area contributed by atoms with Gasteiger partial charge in [0.15, 0.2) is 0 Å². The molecule has 0 saturated carbocycles. The Morgan fingerprint density at radius 2 is 1.88 bits per heavy atom. The third kappa shape index (κ3) is 2.96. The van der Waals surface area contributed by atoms with Crippen LogP contribution in [-0.4, -0.2) is 7.05 Å². The van der Waals surface area contributed by atoms with E-state index >= 15 is 0 Å². The Morgan fingerprint density at radius 3 is 2.35 bits per heavy atom. The summed E-state index contributed by atoms with van der Waals surface area (Å²) in [5, 5.41) is 3.24. The van der Waals surface area contributed by atoms with Crippen molar-refractivity contribution in [1.82, 2.24) is 5.32 Å². The second-order valence-corrected chi connectivity index (χ2v) is 7.30. The van der Waals surface area contributed by atoms with E-state index in [9.17, 15) is 4.39 Å². The van der Waals surface area contributed by atoms with Gasteiger partial charge in [-0.05, 0) is 68.2 Å². The van der Waals surface area contributed by atoms with Crippen molar-refractivity contribution in [3.8, 4) is 0 Å². The van der Waals surface area contributed by atoms with Gasteiger partial charge in [0.25, 0.3) is 0 Å². The maximum atomic E-state index is 12.9. The van der Waals surface area contributed by atoms with Crippen LogP contribution in [0.25, 0.3) is 0 Å². The lowest BCUT2D eigenvalue weighted by Gasteiger charge is -2.16. The minimum Gasteiger partial charge on any atom is -0.309 e. The van der Waals surface area contributed by atoms with Gasteiger partial charge in [-0.2, -0.15) is 0 Å². The smallest absolute Gasteiger partial charge is 0.123 e. The van der Waals surface area contributed by atoms with Gasteiger partial charge in [-0.15, -0.1) is 11.3 Å². The zero-order valence-corrected chi connectivity index (χ0v) is 13.0. The van der Waals surface area contributed by atoms with Crippen molar-refractivity contribution in [3.63, 3.8) is 0 Å². The summed E-state index contributed by atoms with van der Waals surface area (Å²) in [5.74, 6) is -0.214. The van der Waals surface area contributed by atoms with E-state index in [1.807, 2.05) is 7.05 Å². The number of thiophene rings is 1. The molecular weight excluding hydrogens is 369 g/mol. The minimum absolute atomic E-state index is 0.0625. The number of nitrogens with one attached hydrogen (secondary N) is 1. The third-order valence-electron chi connectivity index (χ3n) is 2.49. The third-order valence-corrected chi connectivity index (χ3v) is 4.87. The summed E-state index contributed by atoms with van der Waals surface area (Å²) in [7, 11) is 1.89. The van der Waals surface area contributed by atoms with Gasteiger partial charge in [0.05, 0.1) is 13.6 Å². The molecular formula is C12H10Br2FNS. The number of hydrogen-bond donors (Lipinski definition) is 1. The van der Waals surface area contributed by atoms with Gasteiger partial charge in [-0.1, -0.05) is 12.1 Å². The molecule has 1 heterocycles. The van der Waals surface area contributed by atoms with Crippen LogP contribution >= 0.6 is 43.2 Å². The molecule has 1 aromatic carbocycles. The first-order valence-electron chi connectivity index (χ1n) is 4.99. The molecule has 2 aromatic rings. The van der Waals surface area contributed by atoms with E-state index in [0.717, 1.165) is 18.7 Å². The number of rotatable bonds is 3. The van der Waals surface area contributed by atoms with E-state index < -0.39 is 0 Å². The molecule has 1 atom stereocenters. The van der Waals surface area contributed by atoms with Crippen LogP contribution in [0.4, 0.5) is 4.39 Å². The molecule has 0 amide bonds. The van der Waals surface area contributed by atoms with Crippen molar-refractivity contribution in [2.24, 2.45) is 0 Å². The highest BCUT2D eigenvalue weighted by Gasteiger charge is 2.17. The van der Waals surface area contributed by atoms with Gasteiger partial charge < -0.3 is 5.32 Å². The summed E-state index contributed by atoms with van der Waals surface area (Å²) >= 11 is 8.64. The van der Waals surface area contributed by atoms with Crippen molar-refractivity contribution in [3.05, 3.63) is 54.8 Å². The Kier molecular flexibility index (Phi) is 4.36. The second kappa shape index (κ2) is 5.61. The normalized spacial score (nSPS) is 12.7. The van der Waals surface area contributed by atoms with Crippen LogP contribution in [0.2, 0.25) is 0 Å². The van der Waals surface area contributed by atoms with Crippen LogP contribution in [0.3, 0.4) is 0 Å². The maximum absolute atomic E-state index is 12.9. The summed E-state index contributed by atoms with van der Waals surface area (Å²) in [4.78, 5) is 0. The Morgan fingerprint density at radius 1 is 1.24 bits per heavy atom. The van der Waals surface area contributed by atoms with E-state index in [-0.39, 0.29) is 11.9 Å². The maximum Gasteiger partial charge on any atom is 0.123 e. The molecule has 0 fully saturated rings. The summed E-state index contributed by atoms with van der Waals surface area (Å²) < 4.78 is 15.1. The quantitative estimate of drug-likeness (QED) is 0.814. The highest BCUT2D eigenvalue weighted by atomic mass is 79.9. The van der Waals surface area contributed by atoms with E-state index in [1.54, 1.807) is 23.5 Å². The second-order valence-electron chi connectivity index (χ2n) is 3.55. The topological polar surface area (TPSA) is 12.0 Å². The fourth-order valence-electron chi connectivity index (χ4n) is 1.71. The predicted octanol–water partition coefficient (Wildman–Crippen LogP) is 4.72. The molecule has 1 unspecified atom stereocenters. The fourth-order valence-corrected chi connectivity index (χ4v) is 4.61. The molecule has 0 radical (unpaired) electrons. The lowest BCUT2D eigenvalue weighted by Crippen LogP contribution is -2.17. The average Bonchev–Trinajstić information content (AvgIpc) is 2.62. The summed E-state index contributed by atoms with van der Waals surface area (Å²) in [6.07, 6.45) is 0. The highest BCUT2D eigenvalue weighted by Crippen LogP contribution is 2.37. The Balaban J connectivity index is 2.39. The molecule has 1 N–H and O–H groups in total. The zero-order chi connectivity index (χ0) is 12.4. The van der Waals surface area contributed by atoms with Gasteiger partial charge >= 0.3 is 0 Å². The summed E-state index contributed by atoms with van der Waals surface area (Å²) in [6, 6.07) is 8.69. The van der Waals surface area contributed by atoms with Crippen molar-refractivity contribution in [2.75, 3.05) is 7.05 Å². The van der Waals surface area contributed by atoms with Gasteiger partial charge in [-0.3, -0.25) is 0 Å². The molecule has 17 heavy (non-hydrogen) atoms. The van der Waals surface area contributed by atoms with Gasteiger partial charge in [0, 0.05) is 0 Å². The van der Waals surface area contributed by atoms with E-state index in [2.05, 4.69) is 43.2 Å². The molecule has 5 heteroatoms.